The van der Waals surface area contributed by atoms with Crippen molar-refractivity contribution in [3.05, 3.63) is 57.1 Å². The quantitative estimate of drug-likeness (QED) is 0.690. The second kappa shape index (κ2) is 7.05. The van der Waals surface area contributed by atoms with Crippen molar-refractivity contribution in [3.63, 3.8) is 0 Å². The van der Waals surface area contributed by atoms with E-state index in [1.807, 2.05) is 24.3 Å². The summed E-state index contributed by atoms with van der Waals surface area (Å²) >= 11 is 7.64. The highest BCUT2D eigenvalue weighted by molar-refractivity contribution is 7.10. The van der Waals surface area contributed by atoms with Gasteiger partial charge in [-0.1, -0.05) is 16.8 Å². The van der Waals surface area contributed by atoms with Crippen LogP contribution in [0, 0.1) is 6.92 Å². The first kappa shape index (κ1) is 15.2. The van der Waals surface area contributed by atoms with Gasteiger partial charge in [-0.05, 0) is 48.2 Å². The molecular weight excluding hydrogens is 318 g/mol. The predicted molar refractivity (Wildman–Crippen MR) is 89.2 cm³/mol. The largest absolute Gasteiger partial charge is 0.339 e. The smallest absolute Gasteiger partial charge is 0.228 e. The highest BCUT2D eigenvalue weighted by atomic mass is 35.5. The zero-order chi connectivity index (χ0) is 15.4. The van der Waals surface area contributed by atoms with E-state index in [-0.39, 0.29) is 0 Å². The minimum absolute atomic E-state index is 0.598. The first-order valence-electron chi connectivity index (χ1n) is 7.04. The molecule has 0 saturated heterocycles. The maximum Gasteiger partial charge on any atom is 0.228 e. The van der Waals surface area contributed by atoms with E-state index in [4.69, 9.17) is 16.1 Å². The van der Waals surface area contributed by atoms with Crippen molar-refractivity contribution < 1.29 is 4.52 Å². The van der Waals surface area contributed by atoms with E-state index in [0.29, 0.717) is 23.2 Å². The molecule has 0 radical (unpaired) electrons. The molecule has 1 aromatic carbocycles. The average molecular weight is 334 g/mol. The SMILES string of the molecule is Cc1ccsc1CNCCc1nc(-c2ccc(Cl)cc2)no1. The lowest BCUT2D eigenvalue weighted by molar-refractivity contribution is 0.376. The van der Waals surface area contributed by atoms with Crippen molar-refractivity contribution in [2.75, 3.05) is 6.54 Å². The summed E-state index contributed by atoms with van der Waals surface area (Å²) in [4.78, 5) is 5.77. The molecule has 0 saturated carbocycles. The highest BCUT2D eigenvalue weighted by Crippen LogP contribution is 2.19. The molecule has 114 valence electrons. The lowest BCUT2D eigenvalue weighted by Crippen LogP contribution is -2.16. The molecular formula is C16H16ClN3OS. The predicted octanol–water partition coefficient (Wildman–Crippen LogP) is 4.09. The van der Waals surface area contributed by atoms with Gasteiger partial charge in [0.25, 0.3) is 0 Å². The van der Waals surface area contributed by atoms with E-state index in [1.54, 1.807) is 11.3 Å². The molecule has 0 spiro atoms. The number of hydrogen-bond donors (Lipinski definition) is 1. The van der Waals surface area contributed by atoms with Gasteiger partial charge in [0.1, 0.15) is 0 Å². The van der Waals surface area contributed by atoms with Gasteiger partial charge in [-0.15, -0.1) is 11.3 Å². The molecule has 2 aromatic heterocycles. The molecule has 0 unspecified atom stereocenters. The lowest BCUT2D eigenvalue weighted by atomic mass is 10.2. The standard InChI is InChI=1S/C16H16ClN3OS/c1-11-7-9-22-14(11)10-18-8-6-15-19-16(20-21-15)12-2-4-13(17)5-3-12/h2-5,7,9,18H,6,8,10H2,1H3. The van der Waals surface area contributed by atoms with Crippen molar-refractivity contribution in [3.8, 4) is 11.4 Å². The van der Waals surface area contributed by atoms with Gasteiger partial charge in [0, 0.05) is 35.0 Å². The summed E-state index contributed by atoms with van der Waals surface area (Å²) in [6.07, 6.45) is 0.713. The third-order valence-corrected chi connectivity index (χ3v) is 4.61. The van der Waals surface area contributed by atoms with Crippen LogP contribution in [-0.4, -0.2) is 16.7 Å². The summed E-state index contributed by atoms with van der Waals surface area (Å²) in [6, 6.07) is 9.54. The fraction of sp³-hybridized carbons (Fsp3) is 0.250. The summed E-state index contributed by atoms with van der Waals surface area (Å²) in [5.74, 6) is 1.24. The Labute approximate surface area is 138 Å². The van der Waals surface area contributed by atoms with E-state index in [2.05, 4.69) is 33.8 Å². The van der Waals surface area contributed by atoms with Gasteiger partial charge in [0.05, 0.1) is 0 Å². The average Bonchev–Trinajstić information content (AvgIpc) is 3.14. The van der Waals surface area contributed by atoms with Gasteiger partial charge in [-0.2, -0.15) is 4.98 Å². The van der Waals surface area contributed by atoms with Gasteiger partial charge >= 0.3 is 0 Å². The minimum atomic E-state index is 0.598. The minimum Gasteiger partial charge on any atom is -0.339 e. The molecule has 0 aliphatic rings. The van der Waals surface area contributed by atoms with E-state index in [9.17, 15) is 0 Å². The number of halogens is 1. The molecule has 6 heteroatoms. The van der Waals surface area contributed by atoms with Crippen molar-refractivity contribution >= 4 is 22.9 Å². The molecule has 4 nitrogen and oxygen atoms in total. The number of rotatable bonds is 6. The molecule has 0 bridgehead atoms. The first-order chi connectivity index (χ1) is 10.7. The zero-order valence-corrected chi connectivity index (χ0v) is 13.7. The van der Waals surface area contributed by atoms with Crippen LogP contribution < -0.4 is 5.32 Å². The van der Waals surface area contributed by atoms with Crippen LogP contribution in [0.15, 0.2) is 40.2 Å². The van der Waals surface area contributed by atoms with Crippen LogP contribution in [0.4, 0.5) is 0 Å². The van der Waals surface area contributed by atoms with Crippen molar-refractivity contribution in [2.24, 2.45) is 0 Å². The maximum absolute atomic E-state index is 5.87. The highest BCUT2D eigenvalue weighted by Gasteiger charge is 2.08. The Morgan fingerprint density at radius 3 is 2.77 bits per heavy atom. The Bertz CT molecular complexity index is 736. The van der Waals surface area contributed by atoms with Crippen LogP contribution in [0.5, 0.6) is 0 Å². The number of nitrogens with one attached hydrogen (secondary N) is 1. The molecule has 3 aromatic rings. The van der Waals surface area contributed by atoms with E-state index >= 15 is 0 Å². The first-order valence-corrected chi connectivity index (χ1v) is 8.30. The maximum atomic E-state index is 5.87. The third kappa shape index (κ3) is 3.74. The second-order valence-corrected chi connectivity index (χ2v) is 6.41. The fourth-order valence-electron chi connectivity index (χ4n) is 2.06. The molecule has 0 aliphatic carbocycles. The van der Waals surface area contributed by atoms with Crippen LogP contribution in [0.1, 0.15) is 16.3 Å². The number of benzene rings is 1. The van der Waals surface area contributed by atoms with E-state index in [1.165, 1.54) is 10.4 Å². The number of aromatic nitrogens is 2. The van der Waals surface area contributed by atoms with Gasteiger partial charge in [0.15, 0.2) is 0 Å². The topological polar surface area (TPSA) is 51.0 Å². The molecule has 2 heterocycles. The van der Waals surface area contributed by atoms with Gasteiger partial charge in [0.2, 0.25) is 11.7 Å². The van der Waals surface area contributed by atoms with Crippen molar-refractivity contribution in [1.29, 1.82) is 0 Å². The third-order valence-electron chi connectivity index (χ3n) is 3.34. The lowest BCUT2D eigenvalue weighted by Gasteiger charge is -2.01. The Morgan fingerprint density at radius 2 is 2.05 bits per heavy atom. The van der Waals surface area contributed by atoms with Crippen LogP contribution >= 0.6 is 22.9 Å². The Balaban J connectivity index is 1.51. The molecule has 22 heavy (non-hydrogen) atoms. The normalized spacial score (nSPS) is 11.0. The van der Waals surface area contributed by atoms with Crippen molar-refractivity contribution in [1.82, 2.24) is 15.5 Å². The van der Waals surface area contributed by atoms with Crippen LogP contribution in [0.25, 0.3) is 11.4 Å². The fourth-order valence-corrected chi connectivity index (χ4v) is 3.06. The number of aryl methyl sites for hydroxylation is 1. The summed E-state index contributed by atoms with van der Waals surface area (Å²) < 4.78 is 5.28. The van der Waals surface area contributed by atoms with E-state index < -0.39 is 0 Å². The Hall–Kier alpha value is -1.69. The zero-order valence-electron chi connectivity index (χ0n) is 12.2. The second-order valence-electron chi connectivity index (χ2n) is 4.97. The summed E-state index contributed by atoms with van der Waals surface area (Å²) in [5.41, 5.74) is 2.24. The van der Waals surface area contributed by atoms with Crippen LogP contribution in [0.2, 0.25) is 5.02 Å². The van der Waals surface area contributed by atoms with Gasteiger partial charge < -0.3 is 9.84 Å². The molecule has 3 rings (SSSR count). The Kier molecular flexibility index (Phi) is 4.87. The summed E-state index contributed by atoms with van der Waals surface area (Å²) in [7, 11) is 0. The molecule has 0 atom stereocenters. The monoisotopic (exact) mass is 333 g/mol. The van der Waals surface area contributed by atoms with Gasteiger partial charge in [-0.3, -0.25) is 0 Å². The van der Waals surface area contributed by atoms with E-state index in [0.717, 1.165) is 18.7 Å². The van der Waals surface area contributed by atoms with Crippen LogP contribution in [-0.2, 0) is 13.0 Å². The summed E-state index contributed by atoms with van der Waals surface area (Å²) in [5, 5.41) is 10.2. The Morgan fingerprint density at radius 1 is 1.23 bits per heavy atom. The van der Waals surface area contributed by atoms with Crippen LogP contribution in [0.3, 0.4) is 0 Å². The number of hydrogen-bond acceptors (Lipinski definition) is 5. The van der Waals surface area contributed by atoms with Crippen molar-refractivity contribution in [2.45, 2.75) is 19.9 Å². The number of thiophene rings is 1. The molecule has 0 aliphatic heterocycles. The number of nitrogens with zero attached hydrogens (tertiary/aromatic N) is 2. The summed E-state index contributed by atoms with van der Waals surface area (Å²) in [6.45, 7) is 3.81. The van der Waals surface area contributed by atoms with Gasteiger partial charge in [-0.25, -0.2) is 0 Å². The molecule has 1 N–H and O–H groups in total. The molecule has 0 amide bonds. The molecule has 0 fully saturated rings.